The summed E-state index contributed by atoms with van der Waals surface area (Å²) in [5.41, 5.74) is 1.48. The Morgan fingerprint density at radius 3 is 2.43 bits per heavy atom. The van der Waals surface area contributed by atoms with Crippen LogP contribution in [0.15, 0.2) is 71.3 Å². The minimum absolute atomic E-state index is 0.00839. The van der Waals surface area contributed by atoms with Crippen molar-refractivity contribution < 1.29 is 14.0 Å². The highest BCUT2D eigenvalue weighted by Crippen LogP contribution is 2.13. The first kappa shape index (κ1) is 19.4. The van der Waals surface area contributed by atoms with Crippen LogP contribution in [0.2, 0.25) is 0 Å². The van der Waals surface area contributed by atoms with Gasteiger partial charge in [-0.2, -0.15) is 0 Å². The third-order valence-corrected chi connectivity index (χ3v) is 4.28. The lowest BCUT2D eigenvalue weighted by Gasteiger charge is -2.26. The highest BCUT2D eigenvalue weighted by molar-refractivity contribution is 5.96. The van der Waals surface area contributed by atoms with Crippen molar-refractivity contribution in [2.24, 2.45) is 0 Å². The average molecular weight is 377 g/mol. The van der Waals surface area contributed by atoms with Crippen molar-refractivity contribution >= 4 is 11.8 Å². The van der Waals surface area contributed by atoms with Gasteiger partial charge in [-0.3, -0.25) is 9.59 Å². The molecule has 0 aliphatic carbocycles. The molecule has 1 aromatic carbocycles. The molecular formula is C22H23N3O3. The maximum absolute atomic E-state index is 13.0. The summed E-state index contributed by atoms with van der Waals surface area (Å²) in [5.74, 6) is 0.0826. The Labute approximate surface area is 164 Å². The number of nitrogens with one attached hydrogen (secondary N) is 1. The van der Waals surface area contributed by atoms with Crippen LogP contribution in [0.5, 0.6) is 0 Å². The van der Waals surface area contributed by atoms with Crippen LogP contribution in [0.1, 0.15) is 46.1 Å². The van der Waals surface area contributed by atoms with Gasteiger partial charge in [-0.25, -0.2) is 4.98 Å². The van der Waals surface area contributed by atoms with E-state index in [9.17, 15) is 9.59 Å². The van der Waals surface area contributed by atoms with Crippen molar-refractivity contribution in [2.75, 3.05) is 0 Å². The van der Waals surface area contributed by atoms with E-state index in [4.69, 9.17) is 4.42 Å². The lowest BCUT2D eigenvalue weighted by atomic mass is 10.1. The Morgan fingerprint density at radius 1 is 1.00 bits per heavy atom. The highest BCUT2D eigenvalue weighted by Gasteiger charge is 2.21. The average Bonchev–Trinajstić information content (AvgIpc) is 3.24. The van der Waals surface area contributed by atoms with Gasteiger partial charge >= 0.3 is 0 Å². The van der Waals surface area contributed by atoms with E-state index < -0.39 is 0 Å². The van der Waals surface area contributed by atoms with E-state index in [1.807, 2.05) is 44.2 Å². The van der Waals surface area contributed by atoms with Crippen LogP contribution < -0.4 is 5.32 Å². The summed E-state index contributed by atoms with van der Waals surface area (Å²) in [6.07, 6.45) is 1.55. The lowest BCUT2D eigenvalue weighted by Crippen LogP contribution is -2.37. The number of pyridine rings is 1. The summed E-state index contributed by atoms with van der Waals surface area (Å²) in [4.78, 5) is 31.4. The zero-order valence-electron chi connectivity index (χ0n) is 16.0. The van der Waals surface area contributed by atoms with E-state index in [2.05, 4.69) is 10.3 Å². The highest BCUT2D eigenvalue weighted by atomic mass is 16.3. The van der Waals surface area contributed by atoms with Crippen LogP contribution in [0.25, 0.3) is 0 Å². The summed E-state index contributed by atoms with van der Waals surface area (Å²) < 4.78 is 5.20. The molecule has 2 heterocycles. The fourth-order valence-corrected chi connectivity index (χ4v) is 2.77. The monoisotopic (exact) mass is 377 g/mol. The van der Waals surface area contributed by atoms with Crippen LogP contribution in [0.4, 0.5) is 0 Å². The molecule has 2 amide bonds. The van der Waals surface area contributed by atoms with Crippen LogP contribution in [0, 0.1) is 0 Å². The molecule has 2 aromatic heterocycles. The number of benzene rings is 1. The third kappa shape index (κ3) is 4.85. The predicted molar refractivity (Wildman–Crippen MR) is 106 cm³/mol. The topological polar surface area (TPSA) is 75.4 Å². The molecule has 0 aliphatic heterocycles. The summed E-state index contributed by atoms with van der Waals surface area (Å²) in [6, 6.07) is 18.2. The smallest absolute Gasteiger partial charge is 0.273 e. The third-order valence-electron chi connectivity index (χ3n) is 4.28. The van der Waals surface area contributed by atoms with E-state index in [1.165, 1.54) is 0 Å². The number of furan rings is 1. The first-order valence-electron chi connectivity index (χ1n) is 9.17. The number of amides is 2. The molecule has 144 valence electrons. The van der Waals surface area contributed by atoms with Gasteiger partial charge in [0.15, 0.2) is 0 Å². The molecule has 0 bridgehead atoms. The Balaban J connectivity index is 1.73. The second-order valence-corrected chi connectivity index (χ2v) is 6.68. The van der Waals surface area contributed by atoms with Gasteiger partial charge in [-0.15, -0.1) is 0 Å². The molecule has 0 saturated carbocycles. The van der Waals surface area contributed by atoms with Crippen molar-refractivity contribution in [3.63, 3.8) is 0 Å². The van der Waals surface area contributed by atoms with Crippen LogP contribution in [-0.4, -0.2) is 27.7 Å². The Morgan fingerprint density at radius 2 is 1.75 bits per heavy atom. The molecule has 0 spiro atoms. The van der Waals surface area contributed by atoms with Gasteiger partial charge in [0, 0.05) is 12.6 Å². The van der Waals surface area contributed by atoms with Gasteiger partial charge in [0.1, 0.15) is 17.1 Å². The lowest BCUT2D eigenvalue weighted by molar-refractivity contribution is 0.0684. The predicted octanol–water partition coefficient (Wildman–Crippen LogP) is 3.66. The first-order chi connectivity index (χ1) is 13.5. The second kappa shape index (κ2) is 8.99. The van der Waals surface area contributed by atoms with Crippen molar-refractivity contribution in [1.29, 1.82) is 0 Å². The summed E-state index contributed by atoms with van der Waals surface area (Å²) in [6.45, 7) is 4.66. The van der Waals surface area contributed by atoms with Crippen LogP contribution >= 0.6 is 0 Å². The molecule has 1 N–H and O–H groups in total. The molecule has 0 saturated heterocycles. The van der Waals surface area contributed by atoms with Crippen molar-refractivity contribution in [1.82, 2.24) is 15.2 Å². The largest absolute Gasteiger partial charge is 0.467 e. The minimum Gasteiger partial charge on any atom is -0.467 e. The van der Waals surface area contributed by atoms with Gasteiger partial charge in [-0.05, 0) is 43.7 Å². The number of carbonyl (C=O) groups excluding carboxylic acids is 2. The van der Waals surface area contributed by atoms with Crippen LogP contribution in [0.3, 0.4) is 0 Å². The summed E-state index contributed by atoms with van der Waals surface area (Å²) in [5, 5.41) is 2.74. The van der Waals surface area contributed by atoms with Gasteiger partial charge in [0.2, 0.25) is 0 Å². The number of hydrogen-bond donors (Lipinski definition) is 1. The summed E-state index contributed by atoms with van der Waals surface area (Å²) >= 11 is 0. The van der Waals surface area contributed by atoms with Crippen LogP contribution in [-0.2, 0) is 13.1 Å². The molecule has 0 unspecified atom stereocenters. The van der Waals surface area contributed by atoms with Gasteiger partial charge in [0.05, 0.1) is 12.8 Å². The Kier molecular flexibility index (Phi) is 6.22. The van der Waals surface area contributed by atoms with Crippen molar-refractivity contribution in [3.8, 4) is 0 Å². The zero-order valence-corrected chi connectivity index (χ0v) is 16.0. The molecule has 0 atom stereocenters. The number of carbonyl (C=O) groups is 2. The Bertz CT molecular complexity index is 921. The van der Waals surface area contributed by atoms with Gasteiger partial charge in [0.25, 0.3) is 11.8 Å². The maximum Gasteiger partial charge on any atom is 0.273 e. The number of rotatable bonds is 7. The minimum atomic E-state index is -0.356. The SMILES string of the molecule is CC(C)N(Cc1ccccc1)C(=O)c1cccc(C(=O)NCc2ccco2)n1. The van der Waals surface area contributed by atoms with Gasteiger partial charge < -0.3 is 14.6 Å². The normalized spacial score (nSPS) is 10.7. The van der Waals surface area contributed by atoms with Gasteiger partial charge in [-0.1, -0.05) is 36.4 Å². The fourth-order valence-electron chi connectivity index (χ4n) is 2.77. The zero-order chi connectivity index (χ0) is 19.9. The second-order valence-electron chi connectivity index (χ2n) is 6.68. The van der Waals surface area contributed by atoms with E-state index in [0.29, 0.717) is 12.3 Å². The maximum atomic E-state index is 13.0. The number of hydrogen-bond acceptors (Lipinski definition) is 4. The number of nitrogens with zero attached hydrogens (tertiary/aromatic N) is 2. The van der Waals surface area contributed by atoms with E-state index in [1.54, 1.807) is 41.5 Å². The summed E-state index contributed by atoms with van der Waals surface area (Å²) in [7, 11) is 0. The fraction of sp³-hybridized carbons (Fsp3) is 0.227. The number of aromatic nitrogens is 1. The molecular weight excluding hydrogens is 354 g/mol. The molecule has 3 rings (SSSR count). The standard InChI is InChI=1S/C22H23N3O3/c1-16(2)25(15-17-8-4-3-5-9-17)22(27)20-12-6-11-19(24-20)21(26)23-14-18-10-7-13-28-18/h3-13,16H,14-15H2,1-2H3,(H,23,26). The van der Waals surface area contributed by atoms with E-state index in [-0.39, 0.29) is 35.8 Å². The molecule has 6 nitrogen and oxygen atoms in total. The molecule has 0 aliphatic rings. The van der Waals surface area contributed by atoms with Crippen molar-refractivity contribution in [2.45, 2.75) is 33.0 Å². The molecule has 3 aromatic rings. The molecule has 0 radical (unpaired) electrons. The Hall–Kier alpha value is -3.41. The quantitative estimate of drug-likeness (QED) is 0.682. The van der Waals surface area contributed by atoms with E-state index >= 15 is 0 Å². The van der Waals surface area contributed by atoms with E-state index in [0.717, 1.165) is 5.56 Å². The van der Waals surface area contributed by atoms with Crippen molar-refractivity contribution in [3.05, 3.63) is 89.6 Å². The molecule has 0 fully saturated rings. The first-order valence-corrected chi connectivity index (χ1v) is 9.17. The molecule has 28 heavy (non-hydrogen) atoms. The molecule has 6 heteroatoms.